The molecule has 0 saturated heterocycles. The Hall–Kier alpha value is -2.11. The van der Waals surface area contributed by atoms with Crippen molar-refractivity contribution in [3.63, 3.8) is 0 Å². The van der Waals surface area contributed by atoms with Crippen LogP contribution >= 0.6 is 0 Å². The first-order valence-electron chi connectivity index (χ1n) is 5.66. The van der Waals surface area contributed by atoms with E-state index in [0.717, 1.165) is 0 Å². The average molecular weight is 269 g/mol. The van der Waals surface area contributed by atoms with Crippen molar-refractivity contribution in [2.45, 2.75) is 6.42 Å². The molecule has 6 heteroatoms. The van der Waals surface area contributed by atoms with E-state index >= 15 is 0 Å². The Kier molecular flexibility index (Phi) is 5.29. The molecule has 5 nitrogen and oxygen atoms in total. The predicted molar refractivity (Wildman–Crippen MR) is 66.5 cm³/mol. The number of esters is 1. The summed E-state index contributed by atoms with van der Waals surface area (Å²) in [4.78, 5) is 24.4. The number of halogens is 1. The zero-order valence-corrected chi connectivity index (χ0v) is 11.1. The summed E-state index contributed by atoms with van der Waals surface area (Å²) < 4.78 is 23.1. The van der Waals surface area contributed by atoms with Crippen molar-refractivity contribution in [3.05, 3.63) is 29.6 Å². The maximum Gasteiger partial charge on any atom is 0.307 e. The number of methoxy groups -OCH3 is 2. The first kappa shape index (κ1) is 14.9. The third kappa shape index (κ3) is 3.67. The van der Waals surface area contributed by atoms with Gasteiger partial charge in [0.2, 0.25) is 0 Å². The monoisotopic (exact) mass is 269 g/mol. The van der Waals surface area contributed by atoms with Crippen LogP contribution < -0.4 is 4.74 Å². The van der Waals surface area contributed by atoms with Crippen LogP contribution in [0.2, 0.25) is 0 Å². The number of amides is 1. The van der Waals surface area contributed by atoms with Gasteiger partial charge in [0, 0.05) is 13.6 Å². The second-order valence-electron chi connectivity index (χ2n) is 3.87. The van der Waals surface area contributed by atoms with Gasteiger partial charge < -0.3 is 14.4 Å². The van der Waals surface area contributed by atoms with Crippen LogP contribution in [-0.2, 0) is 9.53 Å². The van der Waals surface area contributed by atoms with Crippen LogP contribution in [0.25, 0.3) is 0 Å². The lowest BCUT2D eigenvalue weighted by Crippen LogP contribution is -2.30. The van der Waals surface area contributed by atoms with Crippen molar-refractivity contribution in [2.75, 3.05) is 27.8 Å². The van der Waals surface area contributed by atoms with Crippen molar-refractivity contribution in [3.8, 4) is 5.75 Å². The number of hydrogen-bond acceptors (Lipinski definition) is 4. The fourth-order valence-electron chi connectivity index (χ4n) is 1.54. The average Bonchev–Trinajstić information content (AvgIpc) is 2.43. The molecule has 0 spiro atoms. The first-order chi connectivity index (χ1) is 9.01. The molecule has 0 atom stereocenters. The largest absolute Gasteiger partial charge is 0.496 e. The second-order valence-corrected chi connectivity index (χ2v) is 3.87. The highest BCUT2D eigenvalue weighted by Gasteiger charge is 2.21. The van der Waals surface area contributed by atoms with Crippen LogP contribution in [0.4, 0.5) is 4.39 Å². The zero-order chi connectivity index (χ0) is 14.4. The van der Waals surface area contributed by atoms with Crippen molar-refractivity contribution < 1.29 is 23.5 Å². The molecule has 1 aromatic carbocycles. The van der Waals surface area contributed by atoms with Gasteiger partial charge in [0.15, 0.2) is 0 Å². The molecule has 0 aromatic heterocycles. The quantitative estimate of drug-likeness (QED) is 0.760. The van der Waals surface area contributed by atoms with Crippen molar-refractivity contribution in [1.82, 2.24) is 4.90 Å². The minimum atomic E-state index is -0.658. The van der Waals surface area contributed by atoms with Crippen LogP contribution in [0, 0.1) is 5.82 Å². The molecular weight excluding hydrogens is 253 g/mol. The van der Waals surface area contributed by atoms with Gasteiger partial charge in [-0.25, -0.2) is 4.39 Å². The maximum absolute atomic E-state index is 13.7. The van der Waals surface area contributed by atoms with Crippen molar-refractivity contribution in [1.29, 1.82) is 0 Å². The molecule has 19 heavy (non-hydrogen) atoms. The van der Waals surface area contributed by atoms with Crippen LogP contribution in [-0.4, -0.2) is 44.6 Å². The van der Waals surface area contributed by atoms with E-state index in [1.54, 1.807) is 0 Å². The minimum Gasteiger partial charge on any atom is -0.496 e. The van der Waals surface area contributed by atoms with E-state index in [2.05, 4.69) is 4.74 Å². The highest BCUT2D eigenvalue weighted by molar-refractivity contribution is 5.97. The van der Waals surface area contributed by atoms with E-state index in [1.165, 1.54) is 44.4 Å². The third-order valence-electron chi connectivity index (χ3n) is 2.63. The van der Waals surface area contributed by atoms with Gasteiger partial charge in [-0.3, -0.25) is 9.59 Å². The summed E-state index contributed by atoms with van der Waals surface area (Å²) in [6, 6.07) is 4.15. The Morgan fingerprint density at radius 3 is 2.58 bits per heavy atom. The molecule has 0 saturated carbocycles. The van der Waals surface area contributed by atoms with Crippen LogP contribution in [0.1, 0.15) is 16.8 Å². The van der Waals surface area contributed by atoms with E-state index in [-0.39, 0.29) is 24.3 Å². The Morgan fingerprint density at radius 1 is 1.32 bits per heavy atom. The molecular formula is C13H16FNO4. The lowest BCUT2D eigenvalue weighted by atomic mass is 10.1. The molecule has 0 aliphatic carbocycles. The van der Waals surface area contributed by atoms with Gasteiger partial charge in [0.25, 0.3) is 5.91 Å². The lowest BCUT2D eigenvalue weighted by Gasteiger charge is -2.18. The van der Waals surface area contributed by atoms with Gasteiger partial charge in [0.05, 0.1) is 20.6 Å². The van der Waals surface area contributed by atoms with E-state index in [9.17, 15) is 14.0 Å². The highest BCUT2D eigenvalue weighted by Crippen LogP contribution is 2.22. The fraction of sp³-hybridized carbons (Fsp3) is 0.385. The van der Waals surface area contributed by atoms with Gasteiger partial charge in [-0.15, -0.1) is 0 Å². The Balaban J connectivity index is 2.85. The number of ether oxygens (including phenoxy) is 2. The SMILES string of the molecule is COC(=O)CCN(C)C(=O)c1c(F)cccc1OC. The standard InChI is InChI=1S/C13H16FNO4/c1-15(8-7-11(16)19-3)13(17)12-9(14)5-4-6-10(12)18-2/h4-6H,7-8H2,1-3H3. The van der Waals surface area contributed by atoms with Crippen LogP contribution in [0.15, 0.2) is 18.2 Å². The fourth-order valence-corrected chi connectivity index (χ4v) is 1.54. The summed E-state index contributed by atoms with van der Waals surface area (Å²) in [5.74, 6) is -1.47. The van der Waals surface area contributed by atoms with E-state index in [1.807, 2.05) is 0 Å². The summed E-state index contributed by atoms with van der Waals surface area (Å²) in [5.41, 5.74) is -0.141. The molecule has 0 fully saturated rings. The molecule has 104 valence electrons. The molecule has 0 heterocycles. The minimum absolute atomic E-state index is 0.0511. The summed E-state index contributed by atoms with van der Waals surface area (Å²) in [7, 11) is 4.11. The molecule has 0 radical (unpaired) electrons. The zero-order valence-electron chi connectivity index (χ0n) is 11.1. The van der Waals surface area contributed by atoms with Gasteiger partial charge in [-0.05, 0) is 12.1 Å². The summed E-state index contributed by atoms with van der Waals surface area (Å²) in [6.07, 6.45) is 0.0511. The highest BCUT2D eigenvalue weighted by atomic mass is 19.1. The number of rotatable bonds is 5. The molecule has 0 bridgehead atoms. The van der Waals surface area contributed by atoms with Crippen LogP contribution in [0.3, 0.4) is 0 Å². The lowest BCUT2D eigenvalue weighted by molar-refractivity contribution is -0.140. The molecule has 0 aliphatic heterocycles. The summed E-state index contributed by atoms with van der Waals surface area (Å²) in [5, 5.41) is 0. The molecule has 1 rings (SSSR count). The van der Waals surface area contributed by atoms with E-state index in [4.69, 9.17) is 4.74 Å². The number of carbonyl (C=O) groups is 2. The number of nitrogens with zero attached hydrogens (tertiary/aromatic N) is 1. The first-order valence-corrected chi connectivity index (χ1v) is 5.66. The van der Waals surface area contributed by atoms with Gasteiger partial charge in [-0.1, -0.05) is 6.07 Å². The third-order valence-corrected chi connectivity index (χ3v) is 2.63. The topological polar surface area (TPSA) is 55.8 Å². The predicted octanol–water partition coefficient (Wildman–Crippen LogP) is 1.47. The second kappa shape index (κ2) is 6.72. The van der Waals surface area contributed by atoms with Crippen molar-refractivity contribution >= 4 is 11.9 Å². The molecule has 1 amide bonds. The summed E-state index contributed by atoms with van der Waals surface area (Å²) >= 11 is 0. The normalized spacial score (nSPS) is 9.89. The molecule has 0 unspecified atom stereocenters. The summed E-state index contributed by atoms with van der Waals surface area (Å²) in [6.45, 7) is 0.142. The van der Waals surface area contributed by atoms with Crippen LogP contribution in [0.5, 0.6) is 5.75 Å². The molecule has 1 aromatic rings. The maximum atomic E-state index is 13.7. The Labute approximate surface area is 110 Å². The van der Waals surface area contributed by atoms with Gasteiger partial charge >= 0.3 is 5.97 Å². The van der Waals surface area contributed by atoms with E-state index in [0.29, 0.717) is 0 Å². The van der Waals surface area contributed by atoms with Crippen molar-refractivity contribution in [2.24, 2.45) is 0 Å². The molecule has 0 N–H and O–H groups in total. The van der Waals surface area contributed by atoms with Gasteiger partial charge in [-0.2, -0.15) is 0 Å². The number of carbonyl (C=O) groups excluding carboxylic acids is 2. The smallest absolute Gasteiger partial charge is 0.307 e. The Bertz CT molecular complexity index is 476. The number of hydrogen-bond donors (Lipinski definition) is 0. The molecule has 0 aliphatic rings. The van der Waals surface area contributed by atoms with Gasteiger partial charge in [0.1, 0.15) is 17.1 Å². The van der Waals surface area contributed by atoms with E-state index < -0.39 is 17.7 Å². The Morgan fingerprint density at radius 2 is 2.00 bits per heavy atom. The number of benzene rings is 1.